The van der Waals surface area contributed by atoms with Crippen molar-refractivity contribution in [1.29, 1.82) is 0 Å². The molecular formula is C15H19N3O3. The maximum Gasteiger partial charge on any atom is 0.246 e. The van der Waals surface area contributed by atoms with Gasteiger partial charge in [-0.15, -0.1) is 0 Å². The molecule has 2 rings (SSSR count). The van der Waals surface area contributed by atoms with Gasteiger partial charge in [0.25, 0.3) is 0 Å². The number of carbonyl (C=O) groups excluding carboxylic acids is 3. The summed E-state index contributed by atoms with van der Waals surface area (Å²) in [6.45, 7) is 3.65. The lowest BCUT2D eigenvalue weighted by molar-refractivity contribution is -0.151. The molecule has 1 saturated heterocycles. The summed E-state index contributed by atoms with van der Waals surface area (Å²) >= 11 is 0. The molecule has 1 unspecified atom stereocenters. The molecule has 0 bridgehead atoms. The summed E-state index contributed by atoms with van der Waals surface area (Å²) in [5.74, 6) is -1.09. The molecule has 0 aromatic heterocycles. The van der Waals surface area contributed by atoms with Crippen molar-refractivity contribution in [3.8, 4) is 0 Å². The molecule has 0 spiro atoms. The van der Waals surface area contributed by atoms with Crippen LogP contribution in [0.2, 0.25) is 0 Å². The smallest absolute Gasteiger partial charge is 0.246 e. The minimum atomic E-state index is -0.394. The maximum absolute atomic E-state index is 12.1. The number of aryl methyl sites for hydroxylation is 1. The summed E-state index contributed by atoms with van der Waals surface area (Å²) in [6, 6.07) is 6.93. The van der Waals surface area contributed by atoms with Crippen LogP contribution in [0.5, 0.6) is 0 Å². The van der Waals surface area contributed by atoms with E-state index in [0.29, 0.717) is 12.1 Å². The van der Waals surface area contributed by atoms with Crippen molar-refractivity contribution in [2.75, 3.05) is 18.4 Å². The summed E-state index contributed by atoms with van der Waals surface area (Å²) in [5, 5.41) is 5.54. The Bertz CT molecular complexity index is 554. The van der Waals surface area contributed by atoms with Crippen molar-refractivity contribution in [1.82, 2.24) is 10.2 Å². The molecule has 0 aliphatic carbocycles. The summed E-state index contributed by atoms with van der Waals surface area (Å²) in [4.78, 5) is 36.8. The first-order chi connectivity index (χ1) is 10.0. The fourth-order valence-corrected chi connectivity index (χ4v) is 2.17. The number of nitrogens with one attached hydrogen (secondary N) is 2. The Morgan fingerprint density at radius 2 is 2.00 bits per heavy atom. The van der Waals surface area contributed by atoms with Crippen molar-refractivity contribution in [2.24, 2.45) is 0 Å². The number of piperazine rings is 1. The third-order valence-electron chi connectivity index (χ3n) is 3.41. The molecule has 6 heteroatoms. The summed E-state index contributed by atoms with van der Waals surface area (Å²) in [7, 11) is 0. The second-order valence-corrected chi connectivity index (χ2v) is 5.07. The first-order valence-corrected chi connectivity index (χ1v) is 6.95. The first kappa shape index (κ1) is 15.2. The molecule has 1 aromatic carbocycles. The van der Waals surface area contributed by atoms with Crippen molar-refractivity contribution >= 4 is 23.4 Å². The second-order valence-electron chi connectivity index (χ2n) is 5.07. The molecular weight excluding hydrogens is 270 g/mol. The third-order valence-corrected chi connectivity index (χ3v) is 3.41. The van der Waals surface area contributed by atoms with Gasteiger partial charge in [0, 0.05) is 5.69 Å². The predicted octanol–water partition coefficient (Wildman–Crippen LogP) is 0.671. The van der Waals surface area contributed by atoms with Crippen LogP contribution in [-0.4, -0.2) is 41.8 Å². The monoisotopic (exact) mass is 289 g/mol. The van der Waals surface area contributed by atoms with Crippen LogP contribution < -0.4 is 10.6 Å². The molecule has 1 heterocycles. The molecule has 1 aliphatic heterocycles. The molecule has 21 heavy (non-hydrogen) atoms. The fraction of sp³-hybridized carbons (Fsp3) is 0.400. The third kappa shape index (κ3) is 3.66. The molecule has 0 saturated carbocycles. The summed E-state index contributed by atoms with van der Waals surface area (Å²) in [5.41, 5.74) is 1.74. The van der Waals surface area contributed by atoms with Crippen LogP contribution >= 0.6 is 0 Å². The van der Waals surface area contributed by atoms with Gasteiger partial charge in [-0.2, -0.15) is 0 Å². The van der Waals surface area contributed by atoms with Gasteiger partial charge >= 0.3 is 0 Å². The lowest BCUT2D eigenvalue weighted by atomic mass is 10.1. The van der Waals surface area contributed by atoms with E-state index in [0.717, 1.165) is 10.5 Å². The lowest BCUT2D eigenvalue weighted by Crippen LogP contribution is -2.59. The number of carbonyl (C=O) groups is 3. The van der Waals surface area contributed by atoms with E-state index in [4.69, 9.17) is 0 Å². The molecule has 112 valence electrons. The number of amides is 3. The van der Waals surface area contributed by atoms with Gasteiger partial charge in [0.1, 0.15) is 6.54 Å². The van der Waals surface area contributed by atoms with Crippen molar-refractivity contribution in [2.45, 2.75) is 26.3 Å². The van der Waals surface area contributed by atoms with Crippen molar-refractivity contribution in [3.05, 3.63) is 29.8 Å². The summed E-state index contributed by atoms with van der Waals surface area (Å²) < 4.78 is 0. The first-order valence-electron chi connectivity index (χ1n) is 6.95. The highest BCUT2D eigenvalue weighted by Crippen LogP contribution is 2.10. The van der Waals surface area contributed by atoms with E-state index in [1.165, 1.54) is 0 Å². The van der Waals surface area contributed by atoms with E-state index >= 15 is 0 Å². The van der Waals surface area contributed by atoms with Gasteiger partial charge in [-0.05, 0) is 25.5 Å². The predicted molar refractivity (Wildman–Crippen MR) is 78.6 cm³/mol. The zero-order valence-corrected chi connectivity index (χ0v) is 12.2. The molecule has 0 radical (unpaired) electrons. The lowest BCUT2D eigenvalue weighted by Gasteiger charge is -2.30. The van der Waals surface area contributed by atoms with Crippen LogP contribution in [0.25, 0.3) is 0 Å². The van der Waals surface area contributed by atoms with E-state index in [1.807, 2.05) is 26.0 Å². The van der Waals surface area contributed by atoms with Gasteiger partial charge in [0.05, 0.1) is 12.6 Å². The van der Waals surface area contributed by atoms with E-state index in [-0.39, 0.29) is 30.8 Å². The highest BCUT2D eigenvalue weighted by Gasteiger charge is 2.33. The van der Waals surface area contributed by atoms with Gasteiger partial charge < -0.3 is 5.32 Å². The Balaban J connectivity index is 1.99. The van der Waals surface area contributed by atoms with Gasteiger partial charge in [0.2, 0.25) is 17.7 Å². The van der Waals surface area contributed by atoms with E-state index < -0.39 is 6.04 Å². The molecule has 1 aromatic rings. The molecule has 1 fully saturated rings. The van der Waals surface area contributed by atoms with Crippen LogP contribution in [0, 0.1) is 6.92 Å². The molecule has 6 nitrogen and oxygen atoms in total. The molecule has 2 N–H and O–H groups in total. The second kappa shape index (κ2) is 6.49. The van der Waals surface area contributed by atoms with Crippen LogP contribution in [0.3, 0.4) is 0 Å². The van der Waals surface area contributed by atoms with Crippen LogP contribution in [0.1, 0.15) is 18.9 Å². The van der Waals surface area contributed by atoms with Gasteiger partial charge in [-0.3, -0.25) is 24.6 Å². The number of nitrogens with zero attached hydrogens (tertiary/aromatic N) is 1. The average Bonchev–Trinajstić information content (AvgIpc) is 2.46. The Hall–Kier alpha value is -2.21. The number of imide groups is 1. The molecule has 3 amide bonds. The van der Waals surface area contributed by atoms with E-state index in [2.05, 4.69) is 10.6 Å². The Kier molecular flexibility index (Phi) is 4.70. The fourth-order valence-electron chi connectivity index (χ4n) is 2.17. The minimum Gasteiger partial charge on any atom is -0.325 e. The number of hydrogen-bond donors (Lipinski definition) is 2. The number of rotatable bonds is 4. The maximum atomic E-state index is 12.1. The Morgan fingerprint density at radius 3 is 2.62 bits per heavy atom. The molecule has 1 atom stereocenters. The van der Waals surface area contributed by atoms with Crippen molar-refractivity contribution in [3.63, 3.8) is 0 Å². The van der Waals surface area contributed by atoms with E-state index in [9.17, 15) is 14.4 Å². The number of hydrogen-bond acceptors (Lipinski definition) is 4. The zero-order valence-electron chi connectivity index (χ0n) is 12.2. The minimum absolute atomic E-state index is 0.0854. The van der Waals surface area contributed by atoms with Crippen molar-refractivity contribution < 1.29 is 14.4 Å². The molecule has 1 aliphatic rings. The number of anilines is 1. The normalized spacial score (nSPS) is 18.8. The van der Waals surface area contributed by atoms with Gasteiger partial charge in [-0.1, -0.05) is 24.6 Å². The van der Waals surface area contributed by atoms with Gasteiger partial charge in [-0.25, -0.2) is 0 Å². The van der Waals surface area contributed by atoms with E-state index in [1.54, 1.807) is 12.1 Å². The standard InChI is InChI=1S/C15H19N3O3/c1-3-12-15(21)18(14(20)8-16-12)9-13(19)17-11-6-4-10(2)5-7-11/h4-7,12,16H,3,8-9H2,1-2H3,(H,17,19). The Morgan fingerprint density at radius 1 is 1.33 bits per heavy atom. The zero-order chi connectivity index (χ0) is 15.4. The highest BCUT2D eigenvalue weighted by atomic mass is 16.2. The average molecular weight is 289 g/mol. The van der Waals surface area contributed by atoms with Gasteiger partial charge in [0.15, 0.2) is 0 Å². The topological polar surface area (TPSA) is 78.5 Å². The number of benzene rings is 1. The van der Waals surface area contributed by atoms with Crippen LogP contribution in [0.15, 0.2) is 24.3 Å². The largest absolute Gasteiger partial charge is 0.325 e. The van der Waals surface area contributed by atoms with Crippen LogP contribution in [-0.2, 0) is 14.4 Å². The summed E-state index contributed by atoms with van der Waals surface area (Å²) in [6.07, 6.45) is 0.586. The Labute approximate surface area is 123 Å². The quantitative estimate of drug-likeness (QED) is 0.799. The van der Waals surface area contributed by atoms with Crippen LogP contribution in [0.4, 0.5) is 5.69 Å². The highest BCUT2D eigenvalue weighted by molar-refractivity contribution is 6.05. The SMILES string of the molecule is CCC1NCC(=O)N(CC(=O)Nc2ccc(C)cc2)C1=O.